The van der Waals surface area contributed by atoms with Crippen LogP contribution in [0, 0.1) is 17.0 Å². The highest BCUT2D eigenvalue weighted by atomic mass is 19.2. The smallest absolute Gasteiger partial charge is 0.216 e. The van der Waals surface area contributed by atoms with E-state index in [2.05, 4.69) is 0 Å². The first-order chi connectivity index (χ1) is 6.16. The summed E-state index contributed by atoms with van der Waals surface area (Å²) < 4.78 is 30.4. The topological polar surface area (TPSA) is 33.1 Å². The average molecular weight is 185 g/mol. The second kappa shape index (κ2) is 3.98. The molecule has 13 heavy (non-hydrogen) atoms. The summed E-state index contributed by atoms with van der Waals surface area (Å²) in [4.78, 5) is 0. The molecule has 0 heterocycles. The molecule has 0 saturated heterocycles. The van der Waals surface area contributed by atoms with Gasteiger partial charge in [-0.15, -0.1) is 0 Å². The maximum absolute atomic E-state index is 13.0. The van der Waals surface area contributed by atoms with Crippen molar-refractivity contribution in [3.8, 4) is 0 Å². The zero-order chi connectivity index (χ0) is 9.84. The molecule has 0 unspecified atom stereocenters. The van der Waals surface area contributed by atoms with E-state index in [0.717, 1.165) is 6.07 Å². The molecule has 0 atom stereocenters. The van der Waals surface area contributed by atoms with Gasteiger partial charge in [0.2, 0.25) is 5.90 Å². The zero-order valence-corrected chi connectivity index (χ0v) is 7.10. The van der Waals surface area contributed by atoms with Crippen LogP contribution in [0.1, 0.15) is 12.5 Å². The monoisotopic (exact) mass is 185 g/mol. The van der Waals surface area contributed by atoms with Crippen molar-refractivity contribution < 1.29 is 13.5 Å². The molecule has 0 aromatic heterocycles. The van der Waals surface area contributed by atoms with Gasteiger partial charge in [0.05, 0.1) is 12.2 Å². The van der Waals surface area contributed by atoms with Crippen LogP contribution in [0.2, 0.25) is 0 Å². The highest BCUT2D eigenvalue weighted by Crippen LogP contribution is 2.12. The number of ether oxygens (including phenoxy) is 1. The molecule has 1 aromatic rings. The molecule has 0 fully saturated rings. The molecule has 70 valence electrons. The lowest BCUT2D eigenvalue weighted by atomic mass is 10.2. The van der Waals surface area contributed by atoms with Crippen LogP contribution in [0.3, 0.4) is 0 Å². The lowest BCUT2D eigenvalue weighted by Gasteiger charge is -2.05. The molecule has 0 aliphatic carbocycles. The first-order valence-electron chi connectivity index (χ1n) is 3.82. The van der Waals surface area contributed by atoms with Crippen LogP contribution < -0.4 is 0 Å². The summed E-state index contributed by atoms with van der Waals surface area (Å²) in [6.45, 7) is 1.93. The van der Waals surface area contributed by atoms with Crippen molar-refractivity contribution >= 4 is 5.90 Å². The quantitative estimate of drug-likeness (QED) is 0.556. The fraction of sp³-hybridized carbons (Fsp3) is 0.222. The number of benzene rings is 1. The fourth-order valence-electron chi connectivity index (χ4n) is 0.901. The molecule has 0 aliphatic heterocycles. The lowest BCUT2D eigenvalue weighted by Crippen LogP contribution is -2.08. The number of hydrogen-bond acceptors (Lipinski definition) is 2. The van der Waals surface area contributed by atoms with E-state index in [1.807, 2.05) is 0 Å². The van der Waals surface area contributed by atoms with Crippen LogP contribution >= 0.6 is 0 Å². The predicted molar refractivity (Wildman–Crippen MR) is 44.8 cm³/mol. The maximum Gasteiger partial charge on any atom is 0.216 e. The van der Waals surface area contributed by atoms with E-state index in [-0.39, 0.29) is 18.1 Å². The number of halogens is 2. The van der Waals surface area contributed by atoms with Crippen LogP contribution in [0.4, 0.5) is 8.78 Å². The van der Waals surface area contributed by atoms with Gasteiger partial charge in [-0.05, 0) is 19.1 Å². The third-order valence-electron chi connectivity index (χ3n) is 1.48. The summed E-state index contributed by atoms with van der Waals surface area (Å²) in [6.07, 6.45) is 0. The van der Waals surface area contributed by atoms with E-state index in [1.54, 1.807) is 6.92 Å². The second-order valence-corrected chi connectivity index (χ2v) is 2.36. The summed E-state index contributed by atoms with van der Waals surface area (Å²) >= 11 is 0. The van der Waals surface area contributed by atoms with E-state index in [0.29, 0.717) is 0 Å². The van der Waals surface area contributed by atoms with E-state index in [1.165, 1.54) is 12.1 Å². The first kappa shape index (κ1) is 9.64. The predicted octanol–water partition coefficient (Wildman–Crippen LogP) is 2.33. The molecular weight excluding hydrogens is 176 g/mol. The Kier molecular flexibility index (Phi) is 2.95. The van der Waals surface area contributed by atoms with E-state index in [9.17, 15) is 8.78 Å². The van der Waals surface area contributed by atoms with Crippen LogP contribution in [0.5, 0.6) is 0 Å². The highest BCUT2D eigenvalue weighted by Gasteiger charge is 2.12. The van der Waals surface area contributed by atoms with Crippen LogP contribution in [0.25, 0.3) is 0 Å². The van der Waals surface area contributed by atoms with Gasteiger partial charge in [0.1, 0.15) is 0 Å². The van der Waals surface area contributed by atoms with Crippen LogP contribution in [0.15, 0.2) is 18.2 Å². The van der Waals surface area contributed by atoms with E-state index in [4.69, 9.17) is 10.1 Å². The normalized spacial score (nSPS) is 9.77. The molecule has 1 aromatic carbocycles. The van der Waals surface area contributed by atoms with Crippen molar-refractivity contribution in [3.05, 3.63) is 35.4 Å². The van der Waals surface area contributed by atoms with Crippen LogP contribution in [-0.4, -0.2) is 12.5 Å². The molecule has 2 nitrogen and oxygen atoms in total. The number of nitrogens with one attached hydrogen (secondary N) is 1. The Morgan fingerprint density at radius 1 is 1.46 bits per heavy atom. The minimum atomic E-state index is -1.04. The van der Waals surface area contributed by atoms with Crippen molar-refractivity contribution in [1.29, 1.82) is 5.41 Å². The summed E-state index contributed by atoms with van der Waals surface area (Å²) in [5.74, 6) is -2.36. The lowest BCUT2D eigenvalue weighted by molar-refractivity contribution is 0.323. The van der Waals surface area contributed by atoms with Gasteiger partial charge in [0.15, 0.2) is 11.6 Å². The Bertz CT molecular complexity index is 325. The van der Waals surface area contributed by atoms with Crippen molar-refractivity contribution in [1.82, 2.24) is 0 Å². The third kappa shape index (κ3) is 2.02. The van der Waals surface area contributed by atoms with Gasteiger partial charge in [-0.3, -0.25) is 5.41 Å². The van der Waals surface area contributed by atoms with Gasteiger partial charge >= 0.3 is 0 Å². The minimum absolute atomic E-state index is 0.151. The van der Waals surface area contributed by atoms with Gasteiger partial charge in [-0.1, -0.05) is 6.07 Å². The summed E-state index contributed by atoms with van der Waals surface area (Å²) in [5, 5.41) is 7.24. The average Bonchev–Trinajstić information content (AvgIpc) is 2.10. The van der Waals surface area contributed by atoms with Gasteiger partial charge in [-0.25, -0.2) is 8.78 Å². The van der Waals surface area contributed by atoms with Gasteiger partial charge in [-0.2, -0.15) is 0 Å². The Morgan fingerprint density at radius 3 is 2.77 bits per heavy atom. The Hall–Kier alpha value is -1.45. The van der Waals surface area contributed by atoms with Gasteiger partial charge in [0, 0.05) is 0 Å². The van der Waals surface area contributed by atoms with Gasteiger partial charge < -0.3 is 4.74 Å². The molecule has 0 bridgehead atoms. The Labute approximate surface area is 74.7 Å². The first-order valence-corrected chi connectivity index (χ1v) is 3.82. The number of rotatable bonds is 2. The summed E-state index contributed by atoms with van der Waals surface area (Å²) in [6, 6.07) is 3.63. The van der Waals surface area contributed by atoms with Crippen molar-refractivity contribution in [3.63, 3.8) is 0 Å². The standard InChI is InChI=1S/C9H9F2NO/c1-2-13-9(12)6-4-3-5-7(10)8(6)11/h3-5,12H,2H2,1H3. The minimum Gasteiger partial charge on any atom is -0.478 e. The van der Waals surface area contributed by atoms with Crippen molar-refractivity contribution in [2.75, 3.05) is 6.61 Å². The fourth-order valence-corrected chi connectivity index (χ4v) is 0.901. The molecule has 1 rings (SSSR count). The van der Waals surface area contributed by atoms with E-state index >= 15 is 0 Å². The Morgan fingerprint density at radius 2 is 2.15 bits per heavy atom. The zero-order valence-electron chi connectivity index (χ0n) is 7.10. The summed E-state index contributed by atoms with van der Waals surface area (Å²) in [5.41, 5.74) is -0.151. The van der Waals surface area contributed by atoms with Gasteiger partial charge in [0.25, 0.3) is 0 Å². The SMILES string of the molecule is CCOC(=N)c1cccc(F)c1F. The molecule has 0 saturated carbocycles. The molecule has 0 amide bonds. The number of hydrogen-bond donors (Lipinski definition) is 1. The Balaban J connectivity index is 3.01. The molecule has 0 radical (unpaired) electrons. The third-order valence-corrected chi connectivity index (χ3v) is 1.48. The second-order valence-electron chi connectivity index (χ2n) is 2.36. The maximum atomic E-state index is 13.0. The van der Waals surface area contributed by atoms with Crippen molar-refractivity contribution in [2.24, 2.45) is 0 Å². The van der Waals surface area contributed by atoms with E-state index < -0.39 is 11.6 Å². The molecule has 1 N–H and O–H groups in total. The summed E-state index contributed by atoms with van der Waals surface area (Å²) in [7, 11) is 0. The molecular formula is C9H9F2NO. The van der Waals surface area contributed by atoms with Crippen molar-refractivity contribution in [2.45, 2.75) is 6.92 Å². The largest absolute Gasteiger partial charge is 0.478 e. The van der Waals surface area contributed by atoms with Crippen LogP contribution in [-0.2, 0) is 4.74 Å². The molecule has 0 spiro atoms. The molecule has 0 aliphatic rings. The highest BCUT2D eigenvalue weighted by molar-refractivity contribution is 5.91. The molecule has 4 heteroatoms.